The summed E-state index contributed by atoms with van der Waals surface area (Å²) in [4.78, 5) is 0. The van der Waals surface area contributed by atoms with E-state index in [2.05, 4.69) is 0 Å². The van der Waals surface area contributed by atoms with Crippen LogP contribution in [0.3, 0.4) is 0 Å². The molecule has 0 aliphatic carbocycles. The third kappa shape index (κ3) is 1.51. The number of rotatable bonds is 2. The molecule has 0 spiro atoms. The number of methoxy groups -OCH3 is 1. The van der Waals surface area contributed by atoms with Crippen molar-refractivity contribution >= 4 is 22.6 Å². The van der Waals surface area contributed by atoms with Crippen LogP contribution in [-0.4, -0.2) is 7.11 Å². The molecule has 2 nitrogen and oxygen atoms in total. The second-order valence-electron chi connectivity index (χ2n) is 3.22. The van der Waals surface area contributed by atoms with E-state index in [0.29, 0.717) is 6.61 Å². The molecule has 1 aromatic heterocycles. The minimum absolute atomic E-state index is 0.498. The van der Waals surface area contributed by atoms with Crippen LogP contribution in [0, 0.1) is 6.92 Å². The van der Waals surface area contributed by atoms with Gasteiger partial charge in [0.15, 0.2) is 0 Å². The average Bonchev–Trinajstić information content (AvgIpc) is 2.46. The van der Waals surface area contributed by atoms with Crippen molar-refractivity contribution in [1.82, 2.24) is 0 Å². The molecule has 1 aromatic carbocycles. The summed E-state index contributed by atoms with van der Waals surface area (Å²) in [5, 5.41) is 1.79. The Hall–Kier alpha value is -0.990. The summed E-state index contributed by atoms with van der Waals surface area (Å²) in [6, 6.07) is 5.61. The van der Waals surface area contributed by atoms with Gasteiger partial charge in [0, 0.05) is 23.1 Å². The minimum atomic E-state index is 0.498. The van der Waals surface area contributed by atoms with Crippen molar-refractivity contribution in [2.75, 3.05) is 7.11 Å². The van der Waals surface area contributed by atoms with Crippen molar-refractivity contribution in [3.05, 3.63) is 34.5 Å². The fourth-order valence-corrected chi connectivity index (χ4v) is 1.68. The molecule has 2 rings (SSSR count). The molecule has 0 N–H and O–H groups in total. The second-order valence-corrected chi connectivity index (χ2v) is 3.66. The first-order valence-electron chi connectivity index (χ1n) is 4.39. The van der Waals surface area contributed by atoms with E-state index in [9.17, 15) is 0 Å². The lowest BCUT2D eigenvalue weighted by Crippen LogP contribution is -1.85. The van der Waals surface area contributed by atoms with Crippen molar-refractivity contribution < 1.29 is 9.15 Å². The summed E-state index contributed by atoms with van der Waals surface area (Å²) in [7, 11) is 1.65. The lowest BCUT2D eigenvalue weighted by molar-refractivity contribution is 0.165. The number of ether oxygens (including phenoxy) is 1. The summed E-state index contributed by atoms with van der Waals surface area (Å²) in [5.41, 5.74) is 1.96. The van der Waals surface area contributed by atoms with Crippen LogP contribution in [0.25, 0.3) is 11.0 Å². The lowest BCUT2D eigenvalue weighted by atomic mass is 10.1. The Bertz CT molecular complexity index is 460. The highest BCUT2D eigenvalue weighted by Crippen LogP contribution is 2.27. The Labute approximate surface area is 87.4 Å². The van der Waals surface area contributed by atoms with Crippen LogP contribution < -0.4 is 0 Å². The molecule has 1 heterocycles. The van der Waals surface area contributed by atoms with Crippen LogP contribution >= 0.6 is 11.6 Å². The van der Waals surface area contributed by atoms with Gasteiger partial charge >= 0.3 is 0 Å². The van der Waals surface area contributed by atoms with E-state index < -0.39 is 0 Å². The average molecular weight is 211 g/mol. The molecule has 0 aliphatic heterocycles. The third-order valence-corrected chi connectivity index (χ3v) is 2.51. The fourth-order valence-electron chi connectivity index (χ4n) is 1.51. The molecular formula is C11H11ClO2. The van der Waals surface area contributed by atoms with Gasteiger partial charge in [0.1, 0.15) is 18.0 Å². The molecule has 0 saturated carbocycles. The third-order valence-electron chi connectivity index (χ3n) is 2.27. The van der Waals surface area contributed by atoms with E-state index in [0.717, 1.165) is 27.3 Å². The summed E-state index contributed by atoms with van der Waals surface area (Å²) >= 11 is 5.90. The van der Waals surface area contributed by atoms with Gasteiger partial charge in [-0.15, -0.1) is 0 Å². The van der Waals surface area contributed by atoms with E-state index in [1.165, 1.54) is 0 Å². The van der Waals surface area contributed by atoms with Gasteiger partial charge in [0.05, 0.1) is 0 Å². The maximum absolute atomic E-state index is 5.90. The number of furan rings is 1. The number of hydrogen-bond donors (Lipinski definition) is 0. The molecule has 0 aliphatic rings. The zero-order chi connectivity index (χ0) is 10.1. The molecular weight excluding hydrogens is 200 g/mol. The highest BCUT2D eigenvalue weighted by atomic mass is 35.5. The molecule has 3 heteroatoms. The molecule has 0 radical (unpaired) electrons. The highest BCUT2D eigenvalue weighted by Gasteiger charge is 2.09. The Balaban J connectivity index is 2.62. The van der Waals surface area contributed by atoms with Gasteiger partial charge < -0.3 is 9.15 Å². The quantitative estimate of drug-likeness (QED) is 0.757. The largest absolute Gasteiger partial charge is 0.458 e. The second kappa shape index (κ2) is 3.64. The van der Waals surface area contributed by atoms with Crippen molar-refractivity contribution in [3.63, 3.8) is 0 Å². The summed E-state index contributed by atoms with van der Waals surface area (Å²) < 4.78 is 10.7. The molecule has 0 fully saturated rings. The van der Waals surface area contributed by atoms with E-state index in [1.807, 2.05) is 25.1 Å². The Morgan fingerprint density at radius 3 is 2.93 bits per heavy atom. The van der Waals surface area contributed by atoms with Gasteiger partial charge in [0.2, 0.25) is 0 Å². The first-order chi connectivity index (χ1) is 6.72. The maximum atomic E-state index is 5.90. The highest BCUT2D eigenvalue weighted by molar-refractivity contribution is 6.31. The molecule has 0 bridgehead atoms. The van der Waals surface area contributed by atoms with E-state index in [1.54, 1.807) is 7.11 Å². The van der Waals surface area contributed by atoms with Crippen LogP contribution in [0.4, 0.5) is 0 Å². The normalized spacial score (nSPS) is 11.1. The Morgan fingerprint density at radius 1 is 1.43 bits per heavy atom. The minimum Gasteiger partial charge on any atom is -0.458 e. The molecule has 14 heavy (non-hydrogen) atoms. The van der Waals surface area contributed by atoms with Crippen LogP contribution in [-0.2, 0) is 11.3 Å². The number of hydrogen-bond acceptors (Lipinski definition) is 2. The maximum Gasteiger partial charge on any atom is 0.134 e. The van der Waals surface area contributed by atoms with Gasteiger partial charge in [-0.25, -0.2) is 0 Å². The van der Waals surface area contributed by atoms with Crippen molar-refractivity contribution in [1.29, 1.82) is 0 Å². The summed E-state index contributed by atoms with van der Waals surface area (Å²) in [6.07, 6.45) is 0. The van der Waals surface area contributed by atoms with Crippen molar-refractivity contribution in [2.45, 2.75) is 13.5 Å². The summed E-state index contributed by atoms with van der Waals surface area (Å²) in [6.45, 7) is 2.51. The molecule has 0 saturated heterocycles. The number of halogens is 1. The van der Waals surface area contributed by atoms with Crippen molar-refractivity contribution in [2.24, 2.45) is 0 Å². The zero-order valence-corrected chi connectivity index (χ0v) is 8.89. The zero-order valence-electron chi connectivity index (χ0n) is 8.13. The van der Waals surface area contributed by atoms with Crippen LogP contribution in [0.1, 0.15) is 11.3 Å². The van der Waals surface area contributed by atoms with Crippen LogP contribution in [0.15, 0.2) is 22.6 Å². The number of aryl methyl sites for hydroxylation is 1. The van der Waals surface area contributed by atoms with E-state index in [-0.39, 0.29) is 0 Å². The first kappa shape index (κ1) is 9.56. The van der Waals surface area contributed by atoms with Gasteiger partial charge in [-0.2, -0.15) is 0 Å². The molecule has 0 amide bonds. The number of benzene rings is 1. The number of fused-ring (bicyclic) bond motifs is 1. The Morgan fingerprint density at radius 2 is 2.21 bits per heavy atom. The van der Waals surface area contributed by atoms with Crippen LogP contribution in [0.5, 0.6) is 0 Å². The lowest BCUT2D eigenvalue weighted by Gasteiger charge is -1.94. The van der Waals surface area contributed by atoms with Gasteiger partial charge in [-0.05, 0) is 25.1 Å². The molecule has 0 unspecified atom stereocenters. The van der Waals surface area contributed by atoms with E-state index in [4.69, 9.17) is 20.8 Å². The SMILES string of the molecule is COCc1oc2ccc(Cl)cc2c1C. The smallest absolute Gasteiger partial charge is 0.134 e. The van der Waals surface area contributed by atoms with E-state index >= 15 is 0 Å². The fraction of sp³-hybridized carbons (Fsp3) is 0.273. The predicted octanol–water partition coefficient (Wildman–Crippen LogP) is 3.54. The Kier molecular flexibility index (Phi) is 2.48. The van der Waals surface area contributed by atoms with Crippen molar-refractivity contribution in [3.8, 4) is 0 Å². The van der Waals surface area contributed by atoms with Crippen LogP contribution in [0.2, 0.25) is 5.02 Å². The molecule has 2 aromatic rings. The summed E-state index contributed by atoms with van der Waals surface area (Å²) in [5.74, 6) is 0.866. The monoisotopic (exact) mass is 210 g/mol. The van der Waals surface area contributed by atoms with Gasteiger partial charge in [-0.3, -0.25) is 0 Å². The molecule has 0 atom stereocenters. The first-order valence-corrected chi connectivity index (χ1v) is 4.76. The topological polar surface area (TPSA) is 22.4 Å². The van der Waals surface area contributed by atoms with Gasteiger partial charge in [-0.1, -0.05) is 11.6 Å². The van der Waals surface area contributed by atoms with Gasteiger partial charge in [0.25, 0.3) is 0 Å². The predicted molar refractivity (Wildman–Crippen MR) is 56.7 cm³/mol. The standard InChI is InChI=1S/C11H11ClO2/c1-7-9-5-8(12)3-4-10(9)14-11(7)6-13-2/h3-5H,6H2,1-2H3. The molecule has 74 valence electrons.